The molecule has 4 heterocycles. The van der Waals surface area contributed by atoms with Gasteiger partial charge in [0.05, 0.1) is 11.2 Å². The number of nitrogens with zero attached hydrogens (tertiary/aromatic N) is 2. The summed E-state index contributed by atoms with van der Waals surface area (Å²) < 4.78 is 1.91. The van der Waals surface area contributed by atoms with Gasteiger partial charge in [0.1, 0.15) is 0 Å². The summed E-state index contributed by atoms with van der Waals surface area (Å²) in [7, 11) is 0. The van der Waals surface area contributed by atoms with Crippen LogP contribution in [-0.2, 0) is 0 Å². The lowest BCUT2D eigenvalue weighted by atomic mass is 9.88. The number of piperidine rings is 1. The summed E-state index contributed by atoms with van der Waals surface area (Å²) in [6.45, 7) is 6.84. The van der Waals surface area contributed by atoms with Crippen LogP contribution in [0.3, 0.4) is 0 Å². The van der Waals surface area contributed by atoms with E-state index in [9.17, 15) is 0 Å². The molecule has 1 aliphatic heterocycles. The van der Waals surface area contributed by atoms with Gasteiger partial charge in [-0.15, -0.1) is 0 Å². The van der Waals surface area contributed by atoms with Crippen LogP contribution >= 0.6 is 0 Å². The molecule has 5 rings (SSSR count). The molecule has 1 aromatic carbocycles. The molecule has 1 aliphatic rings. The molecular formula is C23H26N4. The highest BCUT2D eigenvalue weighted by molar-refractivity contribution is 5.92. The maximum atomic E-state index is 4.32. The van der Waals surface area contributed by atoms with E-state index in [1.54, 1.807) is 0 Å². The first kappa shape index (κ1) is 16.6. The molecule has 0 unspecified atom stereocenters. The zero-order valence-electron chi connectivity index (χ0n) is 16.0. The van der Waals surface area contributed by atoms with Crippen LogP contribution in [0.1, 0.15) is 49.7 Å². The van der Waals surface area contributed by atoms with E-state index < -0.39 is 0 Å². The van der Waals surface area contributed by atoms with Gasteiger partial charge in [-0.25, -0.2) is 4.52 Å². The van der Waals surface area contributed by atoms with Crippen molar-refractivity contribution in [3.05, 3.63) is 59.9 Å². The van der Waals surface area contributed by atoms with E-state index in [4.69, 9.17) is 0 Å². The van der Waals surface area contributed by atoms with Crippen molar-refractivity contribution in [3.8, 4) is 11.3 Å². The summed E-state index contributed by atoms with van der Waals surface area (Å²) in [5, 5.41) is 9.17. The molecule has 0 bridgehead atoms. The van der Waals surface area contributed by atoms with Crippen LogP contribution in [0.4, 0.5) is 0 Å². The Labute approximate surface area is 159 Å². The van der Waals surface area contributed by atoms with Crippen molar-refractivity contribution in [1.82, 2.24) is 19.9 Å². The van der Waals surface area contributed by atoms with E-state index in [-0.39, 0.29) is 0 Å². The number of H-pyrrole nitrogens is 1. The fraction of sp³-hybridized carbons (Fsp3) is 0.348. The summed E-state index contributed by atoms with van der Waals surface area (Å²) in [6.07, 6.45) is 6.36. The molecule has 1 fully saturated rings. The second-order valence-corrected chi connectivity index (χ2v) is 8.01. The first-order chi connectivity index (χ1) is 13.2. The number of rotatable bonds is 3. The van der Waals surface area contributed by atoms with E-state index >= 15 is 0 Å². The highest BCUT2D eigenvalue weighted by Gasteiger charge is 2.20. The molecule has 4 nitrogen and oxygen atoms in total. The first-order valence-electron chi connectivity index (χ1n) is 10.0. The summed E-state index contributed by atoms with van der Waals surface area (Å²) in [5.41, 5.74) is 7.74. The summed E-state index contributed by atoms with van der Waals surface area (Å²) in [6, 6.07) is 13.5. The molecule has 1 saturated heterocycles. The topological polar surface area (TPSA) is 45.1 Å². The predicted octanol–water partition coefficient (Wildman–Crippen LogP) is 5.07. The van der Waals surface area contributed by atoms with Crippen molar-refractivity contribution in [2.75, 3.05) is 13.1 Å². The van der Waals surface area contributed by atoms with Crippen LogP contribution in [0.15, 0.2) is 48.8 Å². The van der Waals surface area contributed by atoms with Gasteiger partial charge in [-0.2, -0.15) is 5.10 Å². The van der Waals surface area contributed by atoms with Gasteiger partial charge in [0.15, 0.2) is 0 Å². The number of pyridine rings is 1. The second kappa shape index (κ2) is 6.54. The van der Waals surface area contributed by atoms with E-state index in [0.29, 0.717) is 11.8 Å². The monoisotopic (exact) mass is 358 g/mol. The van der Waals surface area contributed by atoms with Gasteiger partial charge in [0.2, 0.25) is 0 Å². The maximum Gasteiger partial charge on any atom is 0.0668 e. The fourth-order valence-corrected chi connectivity index (χ4v) is 4.54. The zero-order valence-corrected chi connectivity index (χ0v) is 16.0. The van der Waals surface area contributed by atoms with Crippen LogP contribution in [0.2, 0.25) is 0 Å². The predicted molar refractivity (Wildman–Crippen MR) is 111 cm³/mol. The van der Waals surface area contributed by atoms with Gasteiger partial charge >= 0.3 is 0 Å². The Bertz CT molecular complexity index is 1100. The van der Waals surface area contributed by atoms with E-state index in [0.717, 1.165) is 18.6 Å². The number of nitrogens with one attached hydrogen (secondary N) is 2. The lowest BCUT2D eigenvalue weighted by Crippen LogP contribution is -2.26. The second-order valence-electron chi connectivity index (χ2n) is 8.01. The van der Waals surface area contributed by atoms with E-state index in [1.165, 1.54) is 46.1 Å². The normalized spacial score (nSPS) is 16.0. The number of aromatic nitrogens is 3. The Morgan fingerprint density at radius 3 is 2.74 bits per heavy atom. The van der Waals surface area contributed by atoms with Crippen LogP contribution in [0.5, 0.6) is 0 Å². The summed E-state index contributed by atoms with van der Waals surface area (Å²) in [5.74, 6) is 1.13. The molecular weight excluding hydrogens is 332 g/mol. The highest BCUT2D eigenvalue weighted by Crippen LogP contribution is 2.38. The molecule has 2 N–H and O–H groups in total. The molecule has 4 heteroatoms. The standard InChI is InChI=1S/C23H26N4/c1-15(2)22-20-14-17(16-5-9-24-10-6-16)3-4-21(20)26-23(22)18-8-12-27-19(13-18)7-11-25-27/h3-4,7-8,11-16,24,26H,5-6,9-10H2,1-2H3. The minimum absolute atomic E-state index is 0.457. The Hall–Kier alpha value is -2.59. The Kier molecular flexibility index (Phi) is 4.01. The van der Waals surface area contributed by atoms with Crippen molar-refractivity contribution >= 4 is 16.4 Å². The first-order valence-corrected chi connectivity index (χ1v) is 10.0. The van der Waals surface area contributed by atoms with Crippen molar-refractivity contribution in [2.24, 2.45) is 0 Å². The van der Waals surface area contributed by atoms with Gasteiger partial charge in [-0.05, 0) is 79.2 Å². The SMILES string of the molecule is CC(C)c1c(-c2ccn3nccc3c2)[nH]c2ccc(C3CCNCC3)cc12. The molecule has 0 aliphatic carbocycles. The molecule has 0 amide bonds. The lowest BCUT2D eigenvalue weighted by molar-refractivity contribution is 0.460. The molecule has 27 heavy (non-hydrogen) atoms. The zero-order chi connectivity index (χ0) is 18.4. The van der Waals surface area contributed by atoms with Crippen molar-refractivity contribution in [3.63, 3.8) is 0 Å². The molecule has 138 valence electrons. The molecule has 0 atom stereocenters. The average Bonchev–Trinajstić information content (AvgIpc) is 3.31. The van der Waals surface area contributed by atoms with E-state index in [1.807, 2.05) is 16.9 Å². The molecule has 0 radical (unpaired) electrons. The maximum absolute atomic E-state index is 4.32. The highest BCUT2D eigenvalue weighted by atomic mass is 15.2. The van der Waals surface area contributed by atoms with Crippen molar-refractivity contribution in [1.29, 1.82) is 0 Å². The average molecular weight is 358 g/mol. The quantitative estimate of drug-likeness (QED) is 0.537. The minimum atomic E-state index is 0.457. The van der Waals surface area contributed by atoms with Gasteiger partial charge < -0.3 is 10.3 Å². The van der Waals surface area contributed by atoms with Gasteiger partial charge in [-0.3, -0.25) is 0 Å². The third-order valence-corrected chi connectivity index (χ3v) is 5.94. The van der Waals surface area contributed by atoms with Gasteiger partial charge in [-0.1, -0.05) is 19.9 Å². The number of hydrogen-bond donors (Lipinski definition) is 2. The number of aromatic amines is 1. The number of hydrogen-bond acceptors (Lipinski definition) is 2. The summed E-state index contributed by atoms with van der Waals surface area (Å²) >= 11 is 0. The van der Waals surface area contributed by atoms with Gasteiger partial charge in [0, 0.05) is 28.9 Å². The number of benzene rings is 1. The fourth-order valence-electron chi connectivity index (χ4n) is 4.54. The van der Waals surface area contributed by atoms with Crippen LogP contribution < -0.4 is 5.32 Å². The summed E-state index contributed by atoms with van der Waals surface area (Å²) in [4.78, 5) is 3.71. The molecule has 0 spiro atoms. The minimum Gasteiger partial charge on any atom is -0.354 e. The molecule has 4 aromatic rings. The lowest BCUT2D eigenvalue weighted by Gasteiger charge is -2.23. The van der Waals surface area contributed by atoms with E-state index in [2.05, 4.69) is 65.6 Å². The Morgan fingerprint density at radius 1 is 1.07 bits per heavy atom. The number of fused-ring (bicyclic) bond motifs is 2. The third kappa shape index (κ3) is 2.85. The Morgan fingerprint density at radius 2 is 1.93 bits per heavy atom. The van der Waals surface area contributed by atoms with Crippen molar-refractivity contribution < 1.29 is 0 Å². The molecule has 3 aromatic heterocycles. The van der Waals surface area contributed by atoms with Crippen LogP contribution in [0, 0.1) is 0 Å². The van der Waals surface area contributed by atoms with Crippen LogP contribution in [-0.4, -0.2) is 27.7 Å². The van der Waals surface area contributed by atoms with Crippen LogP contribution in [0.25, 0.3) is 27.7 Å². The van der Waals surface area contributed by atoms with Gasteiger partial charge in [0.25, 0.3) is 0 Å². The largest absolute Gasteiger partial charge is 0.354 e. The third-order valence-electron chi connectivity index (χ3n) is 5.94. The molecule has 0 saturated carbocycles. The smallest absolute Gasteiger partial charge is 0.0668 e. The Balaban J connectivity index is 1.66. The van der Waals surface area contributed by atoms with Crippen molar-refractivity contribution in [2.45, 2.75) is 38.5 Å².